The second-order valence-corrected chi connectivity index (χ2v) is 6.56. The van der Waals surface area contributed by atoms with Gasteiger partial charge in [-0.2, -0.15) is 4.98 Å². The number of hydrogen-bond donors (Lipinski definition) is 1. The van der Waals surface area contributed by atoms with Crippen molar-refractivity contribution in [1.29, 1.82) is 0 Å². The molecule has 25 heavy (non-hydrogen) atoms. The van der Waals surface area contributed by atoms with Crippen LogP contribution in [-0.2, 0) is 9.47 Å². The summed E-state index contributed by atoms with van der Waals surface area (Å²) < 4.78 is 16.9. The highest BCUT2D eigenvalue weighted by Gasteiger charge is 2.25. The molecule has 1 fully saturated rings. The number of benzene rings is 1. The number of oxazole rings is 1. The Morgan fingerprint density at radius 2 is 2.24 bits per heavy atom. The van der Waals surface area contributed by atoms with Crippen LogP contribution in [0.2, 0.25) is 0 Å². The number of hydrogen-bond acceptors (Lipinski definition) is 7. The van der Waals surface area contributed by atoms with Gasteiger partial charge in [0.15, 0.2) is 5.58 Å². The maximum Gasteiger partial charge on any atom is 0.412 e. The molecule has 7 nitrogen and oxygen atoms in total. The Labute approximate surface area is 148 Å². The molecule has 1 amide bonds. The van der Waals surface area contributed by atoms with Crippen molar-refractivity contribution in [2.75, 3.05) is 36.5 Å². The van der Waals surface area contributed by atoms with Gasteiger partial charge >= 0.3 is 6.09 Å². The van der Waals surface area contributed by atoms with Gasteiger partial charge in [-0.25, -0.2) is 4.79 Å². The number of thiophene rings is 1. The number of carbonyl (C=O) groups excluding carboxylic acids is 1. The van der Waals surface area contributed by atoms with Crippen molar-refractivity contribution in [3.05, 3.63) is 41.8 Å². The lowest BCUT2D eigenvalue weighted by atomic mass is 10.3. The minimum absolute atomic E-state index is 0.342. The van der Waals surface area contributed by atoms with Gasteiger partial charge in [-0.3, -0.25) is 5.32 Å². The van der Waals surface area contributed by atoms with E-state index < -0.39 is 12.2 Å². The molecule has 3 heterocycles. The van der Waals surface area contributed by atoms with Gasteiger partial charge in [-0.05, 0) is 29.6 Å². The second kappa shape index (κ2) is 7.12. The normalized spacial score (nSPS) is 18.1. The number of fused-ring (bicyclic) bond motifs is 1. The van der Waals surface area contributed by atoms with Crippen LogP contribution in [0.25, 0.3) is 11.1 Å². The molecule has 2 aromatic heterocycles. The first-order valence-electron chi connectivity index (χ1n) is 7.97. The number of para-hydroxylation sites is 2. The third kappa shape index (κ3) is 3.75. The summed E-state index contributed by atoms with van der Waals surface area (Å²) in [6.07, 6.45) is -0.895. The zero-order valence-corrected chi connectivity index (χ0v) is 14.2. The van der Waals surface area contributed by atoms with E-state index in [0.29, 0.717) is 32.3 Å². The Morgan fingerprint density at radius 3 is 3.08 bits per heavy atom. The summed E-state index contributed by atoms with van der Waals surface area (Å²) in [5.41, 5.74) is 1.53. The molecule has 0 saturated carbocycles. The lowest BCUT2D eigenvalue weighted by molar-refractivity contribution is 0.0443. The summed E-state index contributed by atoms with van der Waals surface area (Å²) in [6, 6.07) is 11.8. The maximum atomic E-state index is 12.0. The van der Waals surface area contributed by atoms with E-state index in [1.165, 1.54) is 11.3 Å². The van der Waals surface area contributed by atoms with Gasteiger partial charge in [0, 0.05) is 6.54 Å². The summed E-state index contributed by atoms with van der Waals surface area (Å²) >= 11 is 1.44. The number of ether oxygens (including phenoxy) is 2. The highest BCUT2D eigenvalue weighted by atomic mass is 32.1. The maximum absolute atomic E-state index is 12.0. The second-order valence-electron chi connectivity index (χ2n) is 5.61. The van der Waals surface area contributed by atoms with Crippen LogP contribution in [0.5, 0.6) is 0 Å². The Morgan fingerprint density at radius 1 is 1.32 bits per heavy atom. The molecule has 0 spiro atoms. The Kier molecular flexibility index (Phi) is 4.53. The van der Waals surface area contributed by atoms with E-state index in [4.69, 9.17) is 13.9 Å². The molecule has 1 aromatic carbocycles. The van der Waals surface area contributed by atoms with Crippen molar-refractivity contribution in [3.8, 4) is 0 Å². The van der Waals surface area contributed by atoms with Gasteiger partial charge in [0.2, 0.25) is 0 Å². The topological polar surface area (TPSA) is 76.8 Å². The molecule has 1 aliphatic rings. The van der Waals surface area contributed by atoms with Gasteiger partial charge in [-0.1, -0.05) is 12.1 Å². The number of nitrogens with one attached hydrogen (secondary N) is 1. The molecule has 0 radical (unpaired) electrons. The highest BCUT2D eigenvalue weighted by Crippen LogP contribution is 2.23. The van der Waals surface area contributed by atoms with E-state index in [9.17, 15) is 4.79 Å². The molecule has 130 valence electrons. The molecule has 0 aliphatic carbocycles. The van der Waals surface area contributed by atoms with Crippen molar-refractivity contribution in [1.82, 2.24) is 4.98 Å². The number of amides is 1. The molecule has 4 rings (SSSR count). The minimum atomic E-state index is -0.490. The van der Waals surface area contributed by atoms with Crippen LogP contribution in [0.1, 0.15) is 0 Å². The van der Waals surface area contributed by atoms with Gasteiger partial charge in [-0.15, -0.1) is 11.3 Å². The fourth-order valence-electron chi connectivity index (χ4n) is 2.65. The number of carbonyl (C=O) groups is 1. The van der Waals surface area contributed by atoms with E-state index in [-0.39, 0.29) is 0 Å². The monoisotopic (exact) mass is 359 g/mol. The highest BCUT2D eigenvalue weighted by molar-refractivity contribution is 7.14. The number of anilines is 2. The number of rotatable bonds is 3. The molecular weight excluding hydrogens is 342 g/mol. The van der Waals surface area contributed by atoms with Crippen LogP contribution >= 0.6 is 11.3 Å². The SMILES string of the molecule is O=C(Nc1cccs1)O[C@H]1COCCN(c2nc3ccccc3o2)C1. The van der Waals surface area contributed by atoms with Gasteiger partial charge in [0.05, 0.1) is 24.8 Å². The average molecular weight is 359 g/mol. The molecule has 1 atom stereocenters. The Balaban J connectivity index is 1.44. The van der Waals surface area contributed by atoms with Crippen LogP contribution in [0.4, 0.5) is 15.8 Å². The first-order valence-corrected chi connectivity index (χ1v) is 8.85. The molecular formula is C17H17N3O4S. The largest absolute Gasteiger partial charge is 0.442 e. The van der Waals surface area contributed by atoms with Crippen LogP contribution in [-0.4, -0.2) is 43.5 Å². The van der Waals surface area contributed by atoms with Crippen molar-refractivity contribution < 1.29 is 18.7 Å². The third-order valence-corrected chi connectivity index (χ3v) is 4.59. The van der Waals surface area contributed by atoms with E-state index in [1.54, 1.807) is 0 Å². The summed E-state index contributed by atoms with van der Waals surface area (Å²) in [6.45, 7) is 1.95. The predicted octanol–water partition coefficient (Wildman–Crippen LogP) is 3.34. The van der Waals surface area contributed by atoms with Crippen LogP contribution < -0.4 is 10.2 Å². The molecule has 1 N–H and O–H groups in total. The standard InChI is InChI=1S/C17H17N3O4S/c21-17(19-15-6-3-9-25-15)23-12-10-20(7-8-22-11-12)16-18-13-4-1-2-5-14(13)24-16/h1-6,9,12H,7-8,10-11H2,(H,19,21)/t12-/m1/s1. The first-order chi connectivity index (χ1) is 12.3. The number of aromatic nitrogens is 1. The Bertz CT molecular complexity index is 816. The summed E-state index contributed by atoms with van der Waals surface area (Å²) in [4.78, 5) is 18.5. The van der Waals surface area contributed by atoms with Crippen LogP contribution in [0.15, 0.2) is 46.2 Å². The fourth-order valence-corrected chi connectivity index (χ4v) is 3.25. The van der Waals surface area contributed by atoms with Gasteiger partial charge in [0.1, 0.15) is 11.6 Å². The van der Waals surface area contributed by atoms with Crippen molar-refractivity contribution in [2.45, 2.75) is 6.10 Å². The molecule has 3 aromatic rings. The van der Waals surface area contributed by atoms with E-state index in [0.717, 1.165) is 16.1 Å². The van der Waals surface area contributed by atoms with Gasteiger partial charge < -0.3 is 18.8 Å². The van der Waals surface area contributed by atoms with Crippen molar-refractivity contribution in [3.63, 3.8) is 0 Å². The van der Waals surface area contributed by atoms with E-state index >= 15 is 0 Å². The number of nitrogens with zero attached hydrogens (tertiary/aromatic N) is 2. The molecule has 8 heteroatoms. The summed E-state index contributed by atoms with van der Waals surface area (Å²) in [7, 11) is 0. The lowest BCUT2D eigenvalue weighted by Crippen LogP contribution is -2.36. The fraction of sp³-hybridized carbons (Fsp3) is 0.294. The van der Waals surface area contributed by atoms with Crippen LogP contribution in [0.3, 0.4) is 0 Å². The smallest absolute Gasteiger partial charge is 0.412 e. The summed E-state index contributed by atoms with van der Waals surface area (Å²) in [5, 5.41) is 5.34. The van der Waals surface area contributed by atoms with E-state index in [1.807, 2.05) is 46.7 Å². The molecule has 1 aliphatic heterocycles. The molecule has 0 unspecified atom stereocenters. The summed E-state index contributed by atoms with van der Waals surface area (Å²) in [5.74, 6) is 0. The lowest BCUT2D eigenvalue weighted by Gasteiger charge is -2.21. The minimum Gasteiger partial charge on any atom is -0.442 e. The molecule has 1 saturated heterocycles. The van der Waals surface area contributed by atoms with Crippen LogP contribution in [0, 0.1) is 0 Å². The third-order valence-electron chi connectivity index (χ3n) is 3.81. The predicted molar refractivity (Wildman–Crippen MR) is 95.3 cm³/mol. The van der Waals surface area contributed by atoms with Crippen molar-refractivity contribution >= 4 is 39.5 Å². The quantitative estimate of drug-likeness (QED) is 0.773. The zero-order chi connectivity index (χ0) is 17.1. The van der Waals surface area contributed by atoms with Crippen molar-refractivity contribution in [2.24, 2.45) is 0 Å². The van der Waals surface area contributed by atoms with E-state index in [2.05, 4.69) is 10.3 Å². The first kappa shape index (κ1) is 15.9. The molecule has 0 bridgehead atoms. The average Bonchev–Trinajstić information content (AvgIpc) is 3.21. The van der Waals surface area contributed by atoms with Gasteiger partial charge in [0.25, 0.3) is 6.01 Å². The zero-order valence-electron chi connectivity index (χ0n) is 13.4. The Hall–Kier alpha value is -2.58.